The minimum Gasteiger partial charge on any atom is -0.392 e. The SMILES string of the molecule is Cc1cc(N)nc(SC(C)C(C)O)n1. The van der Waals surface area contributed by atoms with Gasteiger partial charge in [-0.1, -0.05) is 18.7 Å². The number of hydrogen-bond donors (Lipinski definition) is 2. The van der Waals surface area contributed by atoms with Crippen molar-refractivity contribution >= 4 is 17.6 Å². The van der Waals surface area contributed by atoms with E-state index in [1.165, 1.54) is 11.8 Å². The lowest BCUT2D eigenvalue weighted by Crippen LogP contribution is -2.15. The first-order chi connectivity index (χ1) is 6.49. The van der Waals surface area contributed by atoms with Gasteiger partial charge >= 0.3 is 0 Å². The number of nitrogens with zero attached hydrogens (tertiary/aromatic N) is 2. The number of aromatic nitrogens is 2. The van der Waals surface area contributed by atoms with E-state index >= 15 is 0 Å². The van der Waals surface area contributed by atoms with Crippen molar-refractivity contribution in [2.45, 2.75) is 37.3 Å². The average molecular weight is 213 g/mol. The number of rotatable bonds is 3. The van der Waals surface area contributed by atoms with E-state index in [2.05, 4.69) is 9.97 Å². The van der Waals surface area contributed by atoms with Gasteiger partial charge in [0.05, 0.1) is 6.10 Å². The van der Waals surface area contributed by atoms with Crippen molar-refractivity contribution in [2.24, 2.45) is 0 Å². The predicted molar refractivity (Wildman–Crippen MR) is 58.2 cm³/mol. The number of hydrogen-bond acceptors (Lipinski definition) is 5. The molecule has 14 heavy (non-hydrogen) atoms. The molecule has 1 aromatic rings. The molecule has 0 aliphatic carbocycles. The number of aliphatic hydroxyl groups is 1. The summed E-state index contributed by atoms with van der Waals surface area (Å²) in [4.78, 5) is 8.29. The first-order valence-corrected chi connectivity index (χ1v) is 5.33. The Balaban J connectivity index is 2.76. The molecule has 0 saturated carbocycles. The molecule has 3 N–H and O–H groups in total. The fourth-order valence-electron chi connectivity index (χ4n) is 0.882. The molecule has 78 valence electrons. The number of nitrogens with two attached hydrogens (primary N) is 1. The van der Waals surface area contributed by atoms with Crippen LogP contribution in [0, 0.1) is 6.92 Å². The van der Waals surface area contributed by atoms with Gasteiger partial charge < -0.3 is 10.8 Å². The van der Waals surface area contributed by atoms with Crippen LogP contribution in [0.4, 0.5) is 5.82 Å². The van der Waals surface area contributed by atoms with E-state index in [1.54, 1.807) is 13.0 Å². The Morgan fingerprint density at radius 1 is 1.43 bits per heavy atom. The van der Waals surface area contributed by atoms with E-state index in [-0.39, 0.29) is 11.4 Å². The van der Waals surface area contributed by atoms with Gasteiger partial charge in [-0.25, -0.2) is 9.97 Å². The van der Waals surface area contributed by atoms with Crippen molar-refractivity contribution in [1.29, 1.82) is 0 Å². The summed E-state index contributed by atoms with van der Waals surface area (Å²) in [7, 11) is 0. The molecule has 0 aromatic carbocycles. The Hall–Kier alpha value is -0.810. The summed E-state index contributed by atoms with van der Waals surface area (Å²) >= 11 is 1.43. The van der Waals surface area contributed by atoms with E-state index in [9.17, 15) is 5.11 Å². The third-order valence-corrected chi connectivity index (χ3v) is 2.98. The molecule has 5 heteroatoms. The molecule has 0 aliphatic heterocycles. The Kier molecular flexibility index (Phi) is 3.71. The van der Waals surface area contributed by atoms with E-state index in [1.807, 2.05) is 13.8 Å². The smallest absolute Gasteiger partial charge is 0.190 e. The Labute approximate surface area is 88.0 Å². The third kappa shape index (κ3) is 3.16. The van der Waals surface area contributed by atoms with Crippen LogP contribution < -0.4 is 5.73 Å². The van der Waals surface area contributed by atoms with Crippen LogP contribution in [-0.2, 0) is 0 Å². The highest BCUT2D eigenvalue weighted by molar-refractivity contribution is 7.99. The normalized spacial score (nSPS) is 15.1. The summed E-state index contributed by atoms with van der Waals surface area (Å²) in [5.41, 5.74) is 6.43. The van der Waals surface area contributed by atoms with Crippen LogP contribution >= 0.6 is 11.8 Å². The lowest BCUT2D eigenvalue weighted by Gasteiger charge is -2.12. The van der Waals surface area contributed by atoms with Gasteiger partial charge in [0.2, 0.25) is 0 Å². The minimum absolute atomic E-state index is 0.0659. The standard InChI is InChI=1S/C9H15N3OS/c1-5-4-8(10)12-9(11-5)14-7(3)6(2)13/h4,6-7,13H,1-3H3,(H2,10,11,12). The molecule has 2 unspecified atom stereocenters. The summed E-state index contributed by atoms with van der Waals surface area (Å²) in [6, 6.07) is 1.72. The molecule has 2 atom stereocenters. The van der Waals surface area contributed by atoms with Crippen molar-refractivity contribution < 1.29 is 5.11 Å². The number of anilines is 1. The number of aliphatic hydroxyl groups excluding tert-OH is 1. The number of aryl methyl sites for hydroxylation is 1. The Morgan fingerprint density at radius 2 is 2.07 bits per heavy atom. The van der Waals surface area contributed by atoms with Crippen LogP contribution in [0.15, 0.2) is 11.2 Å². The molecule has 1 aromatic heterocycles. The largest absolute Gasteiger partial charge is 0.392 e. The lowest BCUT2D eigenvalue weighted by atomic mass is 10.3. The van der Waals surface area contributed by atoms with Crippen molar-refractivity contribution in [3.8, 4) is 0 Å². The van der Waals surface area contributed by atoms with Gasteiger partial charge in [0.25, 0.3) is 0 Å². The van der Waals surface area contributed by atoms with Gasteiger partial charge in [-0.15, -0.1) is 0 Å². The molecular formula is C9H15N3OS. The Bertz CT molecular complexity index is 297. The monoisotopic (exact) mass is 213 g/mol. The van der Waals surface area contributed by atoms with Gasteiger partial charge in [0.1, 0.15) is 5.82 Å². The zero-order chi connectivity index (χ0) is 10.7. The minimum atomic E-state index is -0.384. The molecule has 0 saturated heterocycles. The zero-order valence-corrected chi connectivity index (χ0v) is 9.38. The molecule has 0 aliphatic rings. The molecule has 0 radical (unpaired) electrons. The molecule has 1 rings (SSSR count). The fraction of sp³-hybridized carbons (Fsp3) is 0.556. The average Bonchev–Trinajstić information content (AvgIpc) is 2.01. The topological polar surface area (TPSA) is 72.0 Å². The van der Waals surface area contributed by atoms with Gasteiger partial charge in [-0.05, 0) is 13.8 Å². The highest BCUT2D eigenvalue weighted by Crippen LogP contribution is 2.22. The number of thioether (sulfide) groups is 1. The summed E-state index contributed by atoms with van der Waals surface area (Å²) < 4.78 is 0. The molecule has 4 nitrogen and oxygen atoms in total. The van der Waals surface area contributed by atoms with Crippen LogP contribution in [0.2, 0.25) is 0 Å². The summed E-state index contributed by atoms with van der Waals surface area (Å²) in [6.07, 6.45) is -0.384. The van der Waals surface area contributed by atoms with Gasteiger partial charge in [-0.3, -0.25) is 0 Å². The summed E-state index contributed by atoms with van der Waals surface area (Å²) in [5.74, 6) is 0.470. The molecule has 0 bridgehead atoms. The quantitative estimate of drug-likeness (QED) is 0.583. The second-order valence-electron chi connectivity index (χ2n) is 3.28. The third-order valence-electron chi connectivity index (χ3n) is 1.82. The second-order valence-corrected chi connectivity index (χ2v) is 4.62. The van der Waals surface area contributed by atoms with Crippen molar-refractivity contribution in [3.63, 3.8) is 0 Å². The first-order valence-electron chi connectivity index (χ1n) is 4.45. The lowest BCUT2D eigenvalue weighted by molar-refractivity contribution is 0.196. The van der Waals surface area contributed by atoms with Crippen LogP contribution in [-0.4, -0.2) is 26.4 Å². The van der Waals surface area contributed by atoms with Gasteiger partial charge in [0, 0.05) is 17.0 Å². The van der Waals surface area contributed by atoms with Crippen molar-refractivity contribution in [1.82, 2.24) is 9.97 Å². The predicted octanol–water partition coefficient (Wildman–Crippen LogP) is 1.23. The van der Waals surface area contributed by atoms with E-state index in [0.717, 1.165) is 5.69 Å². The van der Waals surface area contributed by atoms with Crippen LogP contribution in [0.3, 0.4) is 0 Å². The summed E-state index contributed by atoms with van der Waals surface area (Å²) in [5, 5.41) is 10.0. The molecule has 0 fully saturated rings. The van der Waals surface area contributed by atoms with Crippen LogP contribution in [0.25, 0.3) is 0 Å². The zero-order valence-electron chi connectivity index (χ0n) is 8.56. The number of nitrogen functional groups attached to an aromatic ring is 1. The molecule has 0 spiro atoms. The van der Waals surface area contributed by atoms with E-state index < -0.39 is 0 Å². The van der Waals surface area contributed by atoms with Crippen molar-refractivity contribution in [2.75, 3.05) is 5.73 Å². The fourth-order valence-corrected chi connectivity index (χ4v) is 1.77. The highest BCUT2D eigenvalue weighted by Gasteiger charge is 2.12. The van der Waals surface area contributed by atoms with Crippen LogP contribution in [0.1, 0.15) is 19.5 Å². The molecular weight excluding hydrogens is 198 g/mol. The summed E-state index contributed by atoms with van der Waals surface area (Å²) in [6.45, 7) is 5.54. The van der Waals surface area contributed by atoms with Gasteiger partial charge in [-0.2, -0.15) is 0 Å². The van der Waals surface area contributed by atoms with E-state index in [0.29, 0.717) is 11.0 Å². The molecule has 0 amide bonds. The first kappa shape index (κ1) is 11.3. The van der Waals surface area contributed by atoms with Crippen LogP contribution in [0.5, 0.6) is 0 Å². The van der Waals surface area contributed by atoms with Gasteiger partial charge in [0.15, 0.2) is 5.16 Å². The molecule has 1 heterocycles. The van der Waals surface area contributed by atoms with E-state index in [4.69, 9.17) is 5.73 Å². The maximum atomic E-state index is 9.31. The van der Waals surface area contributed by atoms with Crippen molar-refractivity contribution in [3.05, 3.63) is 11.8 Å². The maximum Gasteiger partial charge on any atom is 0.190 e. The highest BCUT2D eigenvalue weighted by atomic mass is 32.2. The Morgan fingerprint density at radius 3 is 2.57 bits per heavy atom. The maximum absolute atomic E-state index is 9.31. The second kappa shape index (κ2) is 4.61.